The number of halogens is 1. The Morgan fingerprint density at radius 3 is 2.63 bits per heavy atom. The van der Waals surface area contributed by atoms with Crippen molar-refractivity contribution < 1.29 is 0 Å². The zero-order valence-electron chi connectivity index (χ0n) is 11.7. The van der Waals surface area contributed by atoms with E-state index in [9.17, 15) is 0 Å². The largest absolute Gasteiger partial charge is 0.303 e. The molecule has 0 aliphatic carbocycles. The lowest BCUT2D eigenvalue weighted by Gasteiger charge is -2.14. The van der Waals surface area contributed by atoms with Gasteiger partial charge < -0.3 is 5.32 Å². The third-order valence-corrected chi connectivity index (χ3v) is 5.16. The third kappa shape index (κ3) is 4.02. The molecule has 1 unspecified atom stereocenters. The summed E-state index contributed by atoms with van der Waals surface area (Å²) in [6.45, 7) is 9.53. The van der Waals surface area contributed by atoms with Gasteiger partial charge >= 0.3 is 0 Å². The van der Waals surface area contributed by atoms with E-state index in [1.807, 2.05) is 6.07 Å². The molecule has 0 saturated carbocycles. The molecule has 0 fully saturated rings. The van der Waals surface area contributed by atoms with Crippen LogP contribution in [0.4, 0.5) is 0 Å². The lowest BCUT2D eigenvalue weighted by molar-refractivity contribution is 0.557. The summed E-state index contributed by atoms with van der Waals surface area (Å²) in [6.07, 6.45) is 0. The molecule has 2 heterocycles. The van der Waals surface area contributed by atoms with Gasteiger partial charge in [-0.15, -0.1) is 22.7 Å². The van der Waals surface area contributed by atoms with Gasteiger partial charge in [-0.2, -0.15) is 0 Å². The minimum Gasteiger partial charge on any atom is -0.303 e. The number of nitrogens with one attached hydrogen (secondary N) is 1. The number of nitrogens with zero attached hydrogens (tertiary/aromatic N) is 1. The Kier molecular flexibility index (Phi) is 4.66. The first-order valence-electron chi connectivity index (χ1n) is 6.30. The fourth-order valence-electron chi connectivity index (χ4n) is 1.64. The molecule has 2 rings (SSSR count). The molecule has 1 atom stereocenters. The van der Waals surface area contributed by atoms with Crippen LogP contribution in [-0.2, 0) is 12.0 Å². The number of hydrogen-bond acceptors (Lipinski definition) is 4. The summed E-state index contributed by atoms with van der Waals surface area (Å²) in [5.41, 5.74) is 1.29. The molecule has 0 aliphatic rings. The summed E-state index contributed by atoms with van der Waals surface area (Å²) >= 11 is 9.30. The number of thiazole rings is 1. The van der Waals surface area contributed by atoms with Crippen LogP contribution in [0.15, 0.2) is 17.5 Å². The quantitative estimate of drug-likeness (QED) is 0.858. The van der Waals surface area contributed by atoms with E-state index < -0.39 is 0 Å². The van der Waals surface area contributed by atoms with Gasteiger partial charge in [0.2, 0.25) is 0 Å². The molecule has 19 heavy (non-hydrogen) atoms. The van der Waals surface area contributed by atoms with E-state index in [0.29, 0.717) is 6.04 Å². The van der Waals surface area contributed by atoms with Gasteiger partial charge in [0, 0.05) is 28.3 Å². The Bertz CT molecular complexity index is 540. The average Bonchev–Trinajstić information content (AvgIpc) is 2.93. The molecule has 2 aromatic heterocycles. The third-order valence-electron chi connectivity index (χ3n) is 2.90. The van der Waals surface area contributed by atoms with Crippen LogP contribution in [0, 0.1) is 0 Å². The van der Waals surface area contributed by atoms with Crippen LogP contribution in [0.2, 0.25) is 4.34 Å². The van der Waals surface area contributed by atoms with Crippen LogP contribution in [-0.4, -0.2) is 4.98 Å². The van der Waals surface area contributed by atoms with E-state index in [1.54, 1.807) is 22.7 Å². The van der Waals surface area contributed by atoms with Gasteiger partial charge in [-0.05, 0) is 19.1 Å². The van der Waals surface area contributed by atoms with Crippen molar-refractivity contribution in [2.24, 2.45) is 0 Å². The van der Waals surface area contributed by atoms with Crippen LogP contribution >= 0.6 is 34.3 Å². The first-order valence-corrected chi connectivity index (χ1v) is 8.37. The monoisotopic (exact) mass is 314 g/mol. The summed E-state index contributed by atoms with van der Waals surface area (Å²) in [4.78, 5) is 5.95. The van der Waals surface area contributed by atoms with Gasteiger partial charge in [0.15, 0.2) is 0 Å². The lowest BCUT2D eigenvalue weighted by atomic mass is 9.93. The number of thiophene rings is 1. The van der Waals surface area contributed by atoms with E-state index >= 15 is 0 Å². The molecule has 0 aliphatic heterocycles. The summed E-state index contributed by atoms with van der Waals surface area (Å²) in [7, 11) is 0. The Labute approximate surface area is 127 Å². The Hall–Kier alpha value is -0.420. The molecule has 1 N–H and O–H groups in total. The predicted octanol–water partition coefficient (Wildman–Crippen LogP) is 5.01. The fraction of sp³-hybridized carbons (Fsp3) is 0.500. The lowest BCUT2D eigenvalue weighted by Crippen LogP contribution is -2.17. The molecule has 0 saturated heterocycles. The molecule has 2 aromatic rings. The predicted molar refractivity (Wildman–Crippen MR) is 85.4 cm³/mol. The van der Waals surface area contributed by atoms with Gasteiger partial charge in [-0.3, -0.25) is 0 Å². The van der Waals surface area contributed by atoms with Crippen molar-refractivity contribution in [1.82, 2.24) is 10.3 Å². The molecule has 0 bridgehead atoms. The highest BCUT2D eigenvalue weighted by molar-refractivity contribution is 7.16. The zero-order chi connectivity index (χ0) is 14.0. The van der Waals surface area contributed by atoms with E-state index in [4.69, 9.17) is 11.6 Å². The summed E-state index contributed by atoms with van der Waals surface area (Å²) < 4.78 is 0.841. The van der Waals surface area contributed by atoms with Crippen molar-refractivity contribution in [1.29, 1.82) is 0 Å². The minimum absolute atomic E-state index is 0.127. The highest BCUT2D eigenvalue weighted by Crippen LogP contribution is 2.27. The minimum atomic E-state index is 0.127. The standard InChI is InChI=1S/C14H19ClN2S2/c1-9(10-5-6-12(15)19-10)16-7-13-17-11(8-18-13)14(2,3)4/h5-6,8-9,16H,7H2,1-4H3. The highest BCUT2D eigenvalue weighted by Gasteiger charge is 2.17. The fourth-order valence-corrected chi connectivity index (χ4v) is 3.70. The molecule has 0 amide bonds. The first kappa shape index (κ1) is 15.0. The van der Waals surface area contributed by atoms with E-state index in [2.05, 4.69) is 49.4 Å². The van der Waals surface area contributed by atoms with Crippen molar-refractivity contribution in [3.05, 3.63) is 37.4 Å². The molecule has 0 radical (unpaired) electrons. The molecule has 2 nitrogen and oxygen atoms in total. The maximum absolute atomic E-state index is 5.96. The van der Waals surface area contributed by atoms with Crippen LogP contribution in [0.1, 0.15) is 49.3 Å². The molecular formula is C14H19ClN2S2. The summed E-state index contributed by atoms with van der Waals surface area (Å²) in [5.74, 6) is 0. The van der Waals surface area contributed by atoms with E-state index in [0.717, 1.165) is 15.9 Å². The molecule has 0 aromatic carbocycles. The van der Waals surface area contributed by atoms with Crippen LogP contribution in [0.25, 0.3) is 0 Å². The van der Waals surface area contributed by atoms with Crippen LogP contribution in [0.3, 0.4) is 0 Å². The maximum Gasteiger partial charge on any atom is 0.107 e. The van der Waals surface area contributed by atoms with Crippen LogP contribution in [0.5, 0.6) is 0 Å². The number of rotatable bonds is 4. The molecule has 104 valence electrons. The average molecular weight is 315 g/mol. The van der Waals surface area contributed by atoms with E-state index in [-0.39, 0.29) is 5.41 Å². The van der Waals surface area contributed by atoms with Crippen LogP contribution < -0.4 is 5.32 Å². The Morgan fingerprint density at radius 1 is 1.37 bits per heavy atom. The van der Waals surface area contributed by atoms with Crippen molar-refractivity contribution in [2.75, 3.05) is 0 Å². The second-order valence-corrected chi connectivity index (χ2v) is 8.31. The Morgan fingerprint density at radius 2 is 2.11 bits per heavy atom. The number of hydrogen-bond donors (Lipinski definition) is 1. The zero-order valence-corrected chi connectivity index (χ0v) is 14.0. The Balaban J connectivity index is 1.94. The maximum atomic E-state index is 5.96. The molecule has 5 heteroatoms. The highest BCUT2D eigenvalue weighted by atomic mass is 35.5. The molecular weight excluding hydrogens is 296 g/mol. The molecule has 0 spiro atoms. The van der Waals surface area contributed by atoms with Gasteiger partial charge in [0.25, 0.3) is 0 Å². The summed E-state index contributed by atoms with van der Waals surface area (Å²) in [6, 6.07) is 4.33. The second kappa shape index (κ2) is 5.92. The first-order chi connectivity index (χ1) is 8.86. The summed E-state index contributed by atoms with van der Waals surface area (Å²) in [5, 5.41) is 6.79. The van der Waals surface area contributed by atoms with Gasteiger partial charge in [-0.1, -0.05) is 32.4 Å². The van der Waals surface area contributed by atoms with Crippen molar-refractivity contribution in [3.8, 4) is 0 Å². The van der Waals surface area contributed by atoms with Gasteiger partial charge in [-0.25, -0.2) is 4.98 Å². The van der Waals surface area contributed by atoms with Gasteiger partial charge in [0.05, 0.1) is 10.0 Å². The van der Waals surface area contributed by atoms with Crippen molar-refractivity contribution in [2.45, 2.75) is 45.7 Å². The normalized spacial score (nSPS) is 13.7. The van der Waals surface area contributed by atoms with Crippen molar-refractivity contribution >= 4 is 34.3 Å². The van der Waals surface area contributed by atoms with Gasteiger partial charge in [0.1, 0.15) is 5.01 Å². The topological polar surface area (TPSA) is 24.9 Å². The number of aromatic nitrogens is 1. The van der Waals surface area contributed by atoms with E-state index in [1.165, 1.54) is 10.6 Å². The smallest absolute Gasteiger partial charge is 0.107 e. The SMILES string of the molecule is CC(NCc1nc(C(C)(C)C)cs1)c1ccc(Cl)s1. The second-order valence-electron chi connectivity index (χ2n) is 5.62. The van der Waals surface area contributed by atoms with Crippen molar-refractivity contribution in [3.63, 3.8) is 0 Å².